The van der Waals surface area contributed by atoms with Crippen molar-refractivity contribution in [1.82, 2.24) is 0 Å². The first-order valence-electron chi connectivity index (χ1n) is 4.42. The highest BCUT2D eigenvalue weighted by Gasteiger charge is 2.33. The van der Waals surface area contributed by atoms with Gasteiger partial charge in [-0.25, -0.2) is 4.39 Å². The van der Waals surface area contributed by atoms with Gasteiger partial charge in [0.25, 0.3) is 0 Å². The maximum absolute atomic E-state index is 13.5. The molecule has 1 saturated carbocycles. The zero-order valence-electron chi connectivity index (χ0n) is 7.30. The third-order valence-electron chi connectivity index (χ3n) is 2.44. The standard InChI is InChI=1S/C10H9BrFIO/c11-9-7(13)4-3-6(12)8(9)10(14)5-1-2-5/h3-5,10,14H,1-2H2. The molecule has 1 nitrogen and oxygen atoms in total. The third kappa shape index (κ3) is 1.97. The molecule has 1 aliphatic carbocycles. The lowest BCUT2D eigenvalue weighted by Crippen LogP contribution is -2.04. The van der Waals surface area contributed by atoms with Gasteiger partial charge < -0.3 is 5.11 Å². The van der Waals surface area contributed by atoms with Crippen LogP contribution in [0.5, 0.6) is 0 Å². The van der Waals surface area contributed by atoms with Crippen LogP contribution in [0.1, 0.15) is 24.5 Å². The Kier molecular flexibility index (Phi) is 3.14. The molecular weight excluding hydrogens is 362 g/mol. The zero-order chi connectivity index (χ0) is 10.3. The van der Waals surface area contributed by atoms with Gasteiger partial charge in [0.15, 0.2) is 0 Å². The predicted octanol–water partition coefficient (Wildman–Crippen LogP) is 3.64. The van der Waals surface area contributed by atoms with Crippen LogP contribution in [0, 0.1) is 15.3 Å². The molecular formula is C10H9BrFIO. The van der Waals surface area contributed by atoms with E-state index in [-0.39, 0.29) is 11.7 Å². The Bertz CT molecular complexity index is 365. The van der Waals surface area contributed by atoms with Crippen molar-refractivity contribution in [3.8, 4) is 0 Å². The molecule has 0 bridgehead atoms. The summed E-state index contributed by atoms with van der Waals surface area (Å²) in [6.45, 7) is 0. The maximum Gasteiger partial charge on any atom is 0.130 e. The van der Waals surface area contributed by atoms with E-state index in [4.69, 9.17) is 0 Å². The Morgan fingerprint density at radius 2 is 2.14 bits per heavy atom. The van der Waals surface area contributed by atoms with Crippen LogP contribution in [0.2, 0.25) is 0 Å². The van der Waals surface area contributed by atoms with Gasteiger partial charge in [0.1, 0.15) is 5.82 Å². The molecule has 76 valence electrons. The summed E-state index contributed by atoms with van der Waals surface area (Å²) in [7, 11) is 0. The van der Waals surface area contributed by atoms with Crippen molar-refractivity contribution >= 4 is 38.5 Å². The van der Waals surface area contributed by atoms with Crippen LogP contribution in [0.25, 0.3) is 0 Å². The molecule has 4 heteroatoms. The summed E-state index contributed by atoms with van der Waals surface area (Å²) in [5.41, 5.74) is 0.416. The Labute approximate surface area is 104 Å². The smallest absolute Gasteiger partial charge is 0.130 e. The van der Waals surface area contributed by atoms with Gasteiger partial charge in [-0.1, -0.05) is 0 Å². The first-order chi connectivity index (χ1) is 6.61. The van der Waals surface area contributed by atoms with E-state index in [0.29, 0.717) is 10.0 Å². The van der Waals surface area contributed by atoms with Crippen LogP contribution in [-0.4, -0.2) is 5.11 Å². The van der Waals surface area contributed by atoms with Gasteiger partial charge in [-0.3, -0.25) is 0 Å². The predicted molar refractivity (Wildman–Crippen MR) is 64.5 cm³/mol. The first-order valence-corrected chi connectivity index (χ1v) is 6.30. The van der Waals surface area contributed by atoms with Crippen molar-refractivity contribution in [2.45, 2.75) is 18.9 Å². The monoisotopic (exact) mass is 370 g/mol. The molecule has 1 aromatic carbocycles. The fraction of sp³-hybridized carbons (Fsp3) is 0.400. The van der Waals surface area contributed by atoms with Crippen molar-refractivity contribution < 1.29 is 9.50 Å². The number of benzene rings is 1. The van der Waals surface area contributed by atoms with E-state index in [0.717, 1.165) is 16.4 Å². The molecule has 0 amide bonds. The Morgan fingerprint density at radius 1 is 1.50 bits per heavy atom. The van der Waals surface area contributed by atoms with Gasteiger partial charge in [-0.15, -0.1) is 0 Å². The quantitative estimate of drug-likeness (QED) is 0.622. The molecule has 0 heterocycles. The second-order valence-corrected chi connectivity index (χ2v) is 5.49. The van der Waals surface area contributed by atoms with Gasteiger partial charge in [-0.2, -0.15) is 0 Å². The number of hydrogen-bond donors (Lipinski definition) is 1. The normalized spacial score (nSPS) is 18.3. The van der Waals surface area contributed by atoms with Gasteiger partial charge >= 0.3 is 0 Å². The molecule has 0 aliphatic heterocycles. The van der Waals surface area contributed by atoms with Gasteiger partial charge in [-0.05, 0) is 69.4 Å². The van der Waals surface area contributed by atoms with E-state index in [1.54, 1.807) is 6.07 Å². The molecule has 2 rings (SSSR count). The topological polar surface area (TPSA) is 20.2 Å². The van der Waals surface area contributed by atoms with E-state index >= 15 is 0 Å². The molecule has 0 radical (unpaired) electrons. The largest absolute Gasteiger partial charge is 0.388 e. The molecule has 0 spiro atoms. The average molecular weight is 371 g/mol. The van der Waals surface area contributed by atoms with E-state index in [1.807, 2.05) is 0 Å². The molecule has 0 aromatic heterocycles. The molecule has 14 heavy (non-hydrogen) atoms. The Hall–Kier alpha value is 0.320. The molecule has 1 N–H and O–H groups in total. The van der Waals surface area contributed by atoms with Crippen LogP contribution < -0.4 is 0 Å². The highest BCUT2D eigenvalue weighted by atomic mass is 127. The van der Waals surface area contributed by atoms with Crippen molar-refractivity contribution in [2.75, 3.05) is 0 Å². The summed E-state index contributed by atoms with van der Waals surface area (Å²) in [5, 5.41) is 9.87. The van der Waals surface area contributed by atoms with Crippen LogP contribution in [0.4, 0.5) is 4.39 Å². The second kappa shape index (κ2) is 4.06. The van der Waals surface area contributed by atoms with Crippen molar-refractivity contribution in [3.05, 3.63) is 31.6 Å². The highest BCUT2D eigenvalue weighted by Crippen LogP contribution is 2.44. The van der Waals surface area contributed by atoms with Crippen molar-refractivity contribution in [1.29, 1.82) is 0 Å². The summed E-state index contributed by atoms with van der Waals surface area (Å²) in [6.07, 6.45) is 1.34. The lowest BCUT2D eigenvalue weighted by atomic mass is 10.1. The fourth-order valence-electron chi connectivity index (χ4n) is 1.46. The molecule has 0 saturated heterocycles. The number of rotatable bonds is 2. The van der Waals surface area contributed by atoms with E-state index in [1.165, 1.54) is 6.07 Å². The molecule has 1 aromatic rings. The summed E-state index contributed by atoms with van der Waals surface area (Å²) in [4.78, 5) is 0. The van der Waals surface area contributed by atoms with E-state index < -0.39 is 6.10 Å². The Morgan fingerprint density at radius 3 is 2.71 bits per heavy atom. The number of hydrogen-bond acceptors (Lipinski definition) is 1. The number of halogens is 3. The van der Waals surface area contributed by atoms with Crippen LogP contribution in [0.3, 0.4) is 0 Å². The minimum absolute atomic E-state index is 0.249. The molecule has 1 unspecified atom stereocenters. The van der Waals surface area contributed by atoms with E-state index in [2.05, 4.69) is 38.5 Å². The van der Waals surface area contributed by atoms with E-state index in [9.17, 15) is 9.50 Å². The maximum atomic E-state index is 13.5. The second-order valence-electron chi connectivity index (χ2n) is 3.54. The first kappa shape index (κ1) is 10.8. The minimum Gasteiger partial charge on any atom is -0.388 e. The average Bonchev–Trinajstić information content (AvgIpc) is 2.95. The minimum atomic E-state index is -0.654. The number of aliphatic hydroxyl groups is 1. The van der Waals surface area contributed by atoms with Crippen LogP contribution in [0.15, 0.2) is 16.6 Å². The lowest BCUT2D eigenvalue weighted by molar-refractivity contribution is 0.148. The Balaban J connectivity index is 2.43. The summed E-state index contributed by atoms with van der Waals surface area (Å²) in [6, 6.07) is 3.11. The molecule has 1 aliphatic rings. The third-order valence-corrected chi connectivity index (χ3v) is 4.94. The van der Waals surface area contributed by atoms with Crippen LogP contribution in [-0.2, 0) is 0 Å². The SMILES string of the molecule is OC(c1c(F)ccc(I)c1Br)C1CC1. The summed E-state index contributed by atoms with van der Waals surface area (Å²) in [5.74, 6) is -0.0734. The van der Waals surface area contributed by atoms with Gasteiger partial charge in [0.2, 0.25) is 0 Å². The van der Waals surface area contributed by atoms with Gasteiger partial charge in [0.05, 0.1) is 6.10 Å². The van der Waals surface area contributed by atoms with Crippen molar-refractivity contribution in [3.63, 3.8) is 0 Å². The number of aliphatic hydroxyl groups excluding tert-OH is 1. The fourth-order valence-corrected chi connectivity index (χ4v) is 2.49. The summed E-state index contributed by atoms with van der Waals surface area (Å²) >= 11 is 5.44. The highest BCUT2D eigenvalue weighted by molar-refractivity contribution is 14.1. The molecule has 1 atom stereocenters. The summed E-state index contributed by atoms with van der Waals surface area (Å²) < 4.78 is 15.1. The van der Waals surface area contributed by atoms with Gasteiger partial charge in [0, 0.05) is 13.6 Å². The molecule has 1 fully saturated rings. The van der Waals surface area contributed by atoms with Crippen molar-refractivity contribution in [2.24, 2.45) is 5.92 Å². The lowest BCUT2D eigenvalue weighted by Gasteiger charge is -2.13. The zero-order valence-corrected chi connectivity index (χ0v) is 11.0. The van der Waals surface area contributed by atoms with Crippen LogP contribution >= 0.6 is 38.5 Å².